The molecule has 10 heteroatoms. The second-order valence-electron chi connectivity index (χ2n) is 9.27. The number of para-hydroxylation sites is 2. The standard InChI is InChI=1S/C27H30N2O6S2/c1-18-16-24(28-22-12-7-5-10-20(18)22)26(34-36(3,30)31)14-9-15-27(35-37(4,32)33)25-17-19(2)21-11-6-8-13-23(21)29-25/h5-8,10-13,16-17,26-27H,9,14-15H2,1-4H3/t26-,27-/m0/s1. The zero-order chi connectivity index (χ0) is 26.8. The van der Waals surface area contributed by atoms with E-state index in [4.69, 9.17) is 8.37 Å². The van der Waals surface area contributed by atoms with E-state index < -0.39 is 32.4 Å². The van der Waals surface area contributed by atoms with Crippen LogP contribution < -0.4 is 0 Å². The van der Waals surface area contributed by atoms with E-state index in [9.17, 15) is 16.8 Å². The van der Waals surface area contributed by atoms with Gasteiger partial charge in [-0.2, -0.15) is 16.8 Å². The second kappa shape index (κ2) is 10.8. The Morgan fingerprint density at radius 1 is 0.676 bits per heavy atom. The number of aryl methyl sites for hydroxylation is 2. The number of hydrogen-bond acceptors (Lipinski definition) is 8. The maximum absolute atomic E-state index is 12.1. The van der Waals surface area contributed by atoms with Crippen molar-refractivity contribution in [2.45, 2.75) is 45.3 Å². The number of benzene rings is 2. The Labute approximate surface area is 217 Å². The van der Waals surface area contributed by atoms with Crippen molar-refractivity contribution in [2.75, 3.05) is 12.5 Å². The van der Waals surface area contributed by atoms with Crippen LogP contribution in [0.2, 0.25) is 0 Å². The summed E-state index contributed by atoms with van der Waals surface area (Å²) in [5.41, 5.74) is 4.40. The topological polar surface area (TPSA) is 113 Å². The molecule has 0 saturated heterocycles. The minimum atomic E-state index is -3.78. The lowest BCUT2D eigenvalue weighted by atomic mass is 10.0. The van der Waals surface area contributed by atoms with Gasteiger partial charge in [-0.1, -0.05) is 36.4 Å². The van der Waals surface area contributed by atoms with Crippen LogP contribution in [0.1, 0.15) is 54.0 Å². The van der Waals surface area contributed by atoms with Gasteiger partial charge in [-0.05, 0) is 68.5 Å². The quantitative estimate of drug-likeness (QED) is 0.248. The van der Waals surface area contributed by atoms with Crippen LogP contribution in [0.25, 0.3) is 21.8 Å². The van der Waals surface area contributed by atoms with Crippen LogP contribution in [-0.4, -0.2) is 39.3 Å². The summed E-state index contributed by atoms with van der Waals surface area (Å²) in [6.45, 7) is 3.88. The Bertz CT molecular complexity index is 1530. The molecule has 0 bridgehead atoms. The van der Waals surface area contributed by atoms with Gasteiger partial charge in [-0.25, -0.2) is 9.97 Å². The maximum Gasteiger partial charge on any atom is 0.265 e. The third-order valence-corrected chi connectivity index (χ3v) is 7.22. The van der Waals surface area contributed by atoms with E-state index in [0.29, 0.717) is 17.8 Å². The molecule has 2 aromatic carbocycles. The van der Waals surface area contributed by atoms with Gasteiger partial charge >= 0.3 is 0 Å². The van der Waals surface area contributed by atoms with Crippen molar-refractivity contribution >= 4 is 42.0 Å². The molecule has 0 aliphatic rings. The Kier molecular flexibility index (Phi) is 7.94. The molecular formula is C27H30N2O6S2. The zero-order valence-electron chi connectivity index (χ0n) is 21.2. The van der Waals surface area contributed by atoms with Gasteiger partial charge in [0.15, 0.2) is 0 Å². The Morgan fingerprint density at radius 2 is 1.05 bits per heavy atom. The molecule has 0 radical (unpaired) electrons. The molecule has 0 fully saturated rings. The Morgan fingerprint density at radius 3 is 1.43 bits per heavy atom. The third kappa shape index (κ3) is 7.10. The number of hydrogen-bond donors (Lipinski definition) is 0. The average Bonchev–Trinajstić information content (AvgIpc) is 2.81. The predicted octanol–water partition coefficient (Wildman–Crippen LogP) is 5.30. The third-order valence-electron chi connectivity index (χ3n) is 6.06. The van der Waals surface area contributed by atoms with Crippen molar-refractivity contribution in [2.24, 2.45) is 0 Å². The highest BCUT2D eigenvalue weighted by atomic mass is 32.2. The van der Waals surface area contributed by atoms with Crippen molar-refractivity contribution in [3.63, 3.8) is 0 Å². The lowest BCUT2D eigenvalue weighted by Gasteiger charge is -2.20. The first-order chi connectivity index (χ1) is 17.4. The Balaban J connectivity index is 1.61. The second-order valence-corrected chi connectivity index (χ2v) is 12.5. The summed E-state index contributed by atoms with van der Waals surface area (Å²) in [7, 11) is -7.56. The minimum absolute atomic E-state index is 0.286. The van der Waals surface area contributed by atoms with Gasteiger partial charge < -0.3 is 0 Å². The van der Waals surface area contributed by atoms with E-state index in [2.05, 4.69) is 9.97 Å². The van der Waals surface area contributed by atoms with Crippen molar-refractivity contribution < 1.29 is 25.2 Å². The highest BCUT2D eigenvalue weighted by Crippen LogP contribution is 2.32. The summed E-state index contributed by atoms with van der Waals surface area (Å²) < 4.78 is 59.1. The Hall–Kier alpha value is -2.92. The van der Waals surface area contributed by atoms with Gasteiger partial charge in [-0.15, -0.1) is 0 Å². The monoisotopic (exact) mass is 542 g/mol. The van der Waals surface area contributed by atoms with Crippen LogP contribution in [0.4, 0.5) is 0 Å². The molecule has 0 spiro atoms. The van der Waals surface area contributed by atoms with Gasteiger partial charge in [0.25, 0.3) is 20.2 Å². The fourth-order valence-electron chi connectivity index (χ4n) is 4.48. The normalized spacial score (nSPS) is 14.2. The van der Waals surface area contributed by atoms with E-state index in [1.165, 1.54) is 0 Å². The van der Waals surface area contributed by atoms with Crippen molar-refractivity contribution in [3.05, 3.63) is 83.2 Å². The smallest absolute Gasteiger partial charge is 0.260 e. The fraction of sp³-hybridized carbons (Fsp3) is 0.333. The molecule has 2 atom stereocenters. The highest BCUT2D eigenvalue weighted by molar-refractivity contribution is 7.86. The number of rotatable bonds is 10. The summed E-state index contributed by atoms with van der Waals surface area (Å²) in [5.74, 6) is 0. The van der Waals surface area contributed by atoms with E-state index in [0.717, 1.165) is 45.4 Å². The summed E-state index contributed by atoms with van der Waals surface area (Å²) in [6.07, 6.45) is 1.33. The minimum Gasteiger partial charge on any atom is -0.260 e. The molecule has 0 aliphatic carbocycles. The molecular weight excluding hydrogens is 512 g/mol. The first-order valence-electron chi connectivity index (χ1n) is 11.9. The molecule has 8 nitrogen and oxygen atoms in total. The summed E-state index contributed by atoms with van der Waals surface area (Å²) >= 11 is 0. The molecule has 37 heavy (non-hydrogen) atoms. The van der Waals surface area contributed by atoms with Crippen molar-refractivity contribution in [1.82, 2.24) is 9.97 Å². The molecule has 4 rings (SSSR count). The van der Waals surface area contributed by atoms with Crippen molar-refractivity contribution in [3.8, 4) is 0 Å². The van der Waals surface area contributed by atoms with E-state index in [1.54, 1.807) is 0 Å². The van der Waals surface area contributed by atoms with E-state index in [1.807, 2.05) is 74.5 Å². The SMILES string of the molecule is Cc1cc([C@H](CCC[C@H](OS(C)(=O)=O)c2cc(C)c3ccccc3n2)OS(C)(=O)=O)nc2ccccc12. The molecule has 0 unspecified atom stereocenters. The van der Waals surface area contributed by atoms with E-state index in [-0.39, 0.29) is 12.8 Å². The van der Waals surface area contributed by atoms with Gasteiger partial charge in [0.05, 0.1) is 34.9 Å². The average molecular weight is 543 g/mol. The van der Waals surface area contributed by atoms with Gasteiger partial charge in [0, 0.05) is 10.8 Å². The number of aromatic nitrogens is 2. The number of fused-ring (bicyclic) bond motifs is 2. The van der Waals surface area contributed by atoms with Crippen LogP contribution in [0.15, 0.2) is 60.7 Å². The number of pyridine rings is 2. The molecule has 4 aromatic rings. The molecule has 0 saturated carbocycles. The highest BCUT2D eigenvalue weighted by Gasteiger charge is 2.24. The van der Waals surface area contributed by atoms with Crippen LogP contribution in [0.5, 0.6) is 0 Å². The predicted molar refractivity (Wildman–Crippen MR) is 144 cm³/mol. The zero-order valence-corrected chi connectivity index (χ0v) is 22.8. The fourth-order valence-corrected chi connectivity index (χ4v) is 5.72. The largest absolute Gasteiger partial charge is 0.265 e. The first-order valence-corrected chi connectivity index (χ1v) is 15.5. The van der Waals surface area contributed by atoms with Crippen LogP contribution >= 0.6 is 0 Å². The lowest BCUT2D eigenvalue weighted by Crippen LogP contribution is -2.15. The molecule has 196 valence electrons. The molecule has 0 amide bonds. The van der Waals surface area contributed by atoms with Crippen molar-refractivity contribution in [1.29, 1.82) is 0 Å². The lowest BCUT2D eigenvalue weighted by molar-refractivity contribution is 0.168. The van der Waals surface area contributed by atoms with E-state index >= 15 is 0 Å². The summed E-state index contributed by atoms with van der Waals surface area (Å²) in [4.78, 5) is 9.31. The molecule has 0 N–H and O–H groups in total. The van der Waals surface area contributed by atoms with Gasteiger partial charge in [0.2, 0.25) is 0 Å². The summed E-state index contributed by atoms with van der Waals surface area (Å²) in [5, 5.41) is 1.95. The van der Waals surface area contributed by atoms with Crippen LogP contribution in [0, 0.1) is 13.8 Å². The van der Waals surface area contributed by atoms with Gasteiger partial charge in [0.1, 0.15) is 12.2 Å². The number of nitrogens with zero attached hydrogens (tertiary/aromatic N) is 2. The first kappa shape index (κ1) is 27.1. The van der Waals surface area contributed by atoms with Crippen LogP contribution in [-0.2, 0) is 28.6 Å². The molecule has 2 aromatic heterocycles. The molecule has 2 heterocycles. The summed E-state index contributed by atoms with van der Waals surface area (Å²) in [6, 6.07) is 18.9. The van der Waals surface area contributed by atoms with Gasteiger partial charge in [-0.3, -0.25) is 8.37 Å². The maximum atomic E-state index is 12.1. The van der Waals surface area contributed by atoms with Crippen LogP contribution in [0.3, 0.4) is 0 Å². The molecule has 0 aliphatic heterocycles.